The Morgan fingerprint density at radius 2 is 1.97 bits per heavy atom. The van der Waals surface area contributed by atoms with E-state index in [1.54, 1.807) is 11.0 Å². The molecule has 5 amide bonds. The number of nitrogens with zero attached hydrogens (tertiary/aromatic N) is 2. The van der Waals surface area contributed by atoms with Gasteiger partial charge in [-0.1, -0.05) is 6.07 Å². The van der Waals surface area contributed by atoms with Gasteiger partial charge in [-0.15, -0.1) is 0 Å². The average molecular weight is 400 g/mol. The lowest BCUT2D eigenvalue weighted by atomic mass is 10.0. The van der Waals surface area contributed by atoms with E-state index in [0.29, 0.717) is 13.1 Å². The second kappa shape index (κ2) is 7.28. The molecular weight excluding hydrogens is 380 g/mol. The summed E-state index contributed by atoms with van der Waals surface area (Å²) in [6.45, 7) is 0.718. The van der Waals surface area contributed by atoms with Crippen LogP contribution in [-0.4, -0.2) is 71.1 Å². The molecule has 10 nitrogen and oxygen atoms in total. The van der Waals surface area contributed by atoms with Crippen LogP contribution in [0.5, 0.6) is 5.75 Å². The minimum atomic E-state index is -1.05. The van der Waals surface area contributed by atoms with Gasteiger partial charge >= 0.3 is 0 Å². The molecule has 2 fully saturated rings. The zero-order valence-corrected chi connectivity index (χ0v) is 15.6. The van der Waals surface area contributed by atoms with E-state index in [-0.39, 0.29) is 48.3 Å². The summed E-state index contributed by atoms with van der Waals surface area (Å²) in [4.78, 5) is 64.0. The minimum absolute atomic E-state index is 0.0214. The number of nitrogens with one attached hydrogen (secondary N) is 1. The van der Waals surface area contributed by atoms with Crippen LogP contribution in [0, 0.1) is 0 Å². The number of fused-ring (bicyclic) bond motifs is 1. The Morgan fingerprint density at radius 3 is 2.66 bits per heavy atom. The molecule has 2 saturated heterocycles. The third-order valence-electron chi connectivity index (χ3n) is 5.36. The fourth-order valence-corrected chi connectivity index (χ4v) is 3.85. The lowest BCUT2D eigenvalue weighted by molar-refractivity contribution is -0.136. The number of carbonyl (C=O) groups is 5. The van der Waals surface area contributed by atoms with Gasteiger partial charge < -0.3 is 15.4 Å². The maximum Gasteiger partial charge on any atom is 0.266 e. The zero-order chi connectivity index (χ0) is 20.7. The van der Waals surface area contributed by atoms with Crippen molar-refractivity contribution >= 4 is 29.5 Å². The summed E-state index contributed by atoms with van der Waals surface area (Å²) in [6, 6.07) is 3.40. The topological polar surface area (TPSA) is 139 Å². The monoisotopic (exact) mass is 400 g/mol. The second-order valence-electron chi connectivity index (χ2n) is 7.30. The van der Waals surface area contributed by atoms with E-state index in [4.69, 9.17) is 10.5 Å². The predicted molar refractivity (Wildman–Crippen MR) is 97.8 cm³/mol. The third-order valence-corrected chi connectivity index (χ3v) is 5.36. The zero-order valence-electron chi connectivity index (χ0n) is 15.6. The number of nitrogens with two attached hydrogens (primary N) is 1. The smallest absolute Gasteiger partial charge is 0.266 e. The van der Waals surface area contributed by atoms with Crippen molar-refractivity contribution in [3.63, 3.8) is 0 Å². The summed E-state index contributed by atoms with van der Waals surface area (Å²) in [5, 5.41) is 2.15. The summed E-state index contributed by atoms with van der Waals surface area (Å²) >= 11 is 0. The SMILES string of the molecule is N[C@H]1CCN(C(=O)COc2cccc3c2C(=O)N(C2CCC(=O)NC2=O)C3=O)C1. The first-order valence-corrected chi connectivity index (χ1v) is 9.37. The van der Waals surface area contributed by atoms with Crippen molar-refractivity contribution < 1.29 is 28.7 Å². The van der Waals surface area contributed by atoms with E-state index in [1.165, 1.54) is 12.1 Å². The number of benzene rings is 1. The molecule has 3 aliphatic rings. The van der Waals surface area contributed by atoms with Crippen LogP contribution in [0.15, 0.2) is 18.2 Å². The van der Waals surface area contributed by atoms with Crippen molar-refractivity contribution in [2.75, 3.05) is 19.7 Å². The molecule has 0 bridgehead atoms. The number of hydrogen-bond donors (Lipinski definition) is 2. The molecule has 0 aliphatic carbocycles. The van der Waals surface area contributed by atoms with Crippen molar-refractivity contribution in [3.05, 3.63) is 29.3 Å². The lowest BCUT2D eigenvalue weighted by Crippen LogP contribution is -2.54. The van der Waals surface area contributed by atoms with E-state index in [2.05, 4.69) is 5.32 Å². The quantitative estimate of drug-likeness (QED) is 0.620. The van der Waals surface area contributed by atoms with Gasteiger partial charge in [0.25, 0.3) is 17.7 Å². The number of ether oxygens (including phenoxy) is 1. The molecule has 3 N–H and O–H groups in total. The van der Waals surface area contributed by atoms with Gasteiger partial charge in [0.15, 0.2) is 6.61 Å². The van der Waals surface area contributed by atoms with Crippen LogP contribution < -0.4 is 15.8 Å². The normalized spacial score (nSPS) is 24.0. The largest absolute Gasteiger partial charge is 0.483 e. The highest BCUT2D eigenvalue weighted by Gasteiger charge is 2.46. The molecule has 0 saturated carbocycles. The van der Waals surface area contributed by atoms with Gasteiger partial charge in [-0.05, 0) is 25.0 Å². The van der Waals surface area contributed by atoms with Crippen LogP contribution in [0.1, 0.15) is 40.0 Å². The maximum atomic E-state index is 12.9. The Morgan fingerprint density at radius 1 is 1.17 bits per heavy atom. The van der Waals surface area contributed by atoms with E-state index in [9.17, 15) is 24.0 Å². The van der Waals surface area contributed by atoms with Crippen molar-refractivity contribution in [3.8, 4) is 5.75 Å². The van der Waals surface area contributed by atoms with Gasteiger partial charge in [0, 0.05) is 25.6 Å². The molecule has 0 radical (unpaired) electrons. The molecule has 1 aromatic carbocycles. The summed E-state index contributed by atoms with van der Waals surface area (Å²) in [5.74, 6) is -2.57. The first-order chi connectivity index (χ1) is 13.9. The third kappa shape index (κ3) is 3.35. The van der Waals surface area contributed by atoms with Crippen molar-refractivity contribution in [2.24, 2.45) is 5.73 Å². The Hall–Kier alpha value is -3.27. The molecule has 4 rings (SSSR count). The van der Waals surface area contributed by atoms with Gasteiger partial charge in [0.1, 0.15) is 11.8 Å². The van der Waals surface area contributed by atoms with Crippen LogP contribution >= 0.6 is 0 Å². The van der Waals surface area contributed by atoms with Crippen LogP contribution in [0.25, 0.3) is 0 Å². The fourth-order valence-electron chi connectivity index (χ4n) is 3.85. The Bertz CT molecular complexity index is 929. The molecule has 29 heavy (non-hydrogen) atoms. The summed E-state index contributed by atoms with van der Waals surface area (Å²) in [6.07, 6.45) is 0.833. The molecule has 0 aromatic heterocycles. The molecule has 152 valence electrons. The number of piperidine rings is 1. The summed E-state index contributed by atoms with van der Waals surface area (Å²) in [5.41, 5.74) is 5.93. The fraction of sp³-hybridized carbons (Fsp3) is 0.421. The van der Waals surface area contributed by atoms with Gasteiger partial charge in [-0.2, -0.15) is 0 Å². The van der Waals surface area contributed by atoms with E-state index in [1.807, 2.05) is 0 Å². The van der Waals surface area contributed by atoms with E-state index >= 15 is 0 Å². The average Bonchev–Trinajstić information content (AvgIpc) is 3.23. The lowest BCUT2D eigenvalue weighted by Gasteiger charge is -2.27. The van der Waals surface area contributed by atoms with Crippen molar-refractivity contribution in [1.82, 2.24) is 15.1 Å². The van der Waals surface area contributed by atoms with Crippen LogP contribution in [0.3, 0.4) is 0 Å². The standard InChI is InChI=1S/C19H20N4O6/c20-10-6-7-22(8-10)15(25)9-29-13-3-1-2-11-16(13)19(28)23(18(11)27)12-4-5-14(24)21-17(12)26/h1-3,10,12H,4-9,20H2,(H,21,24,26)/t10-,12?/m0/s1. The molecule has 3 aliphatic heterocycles. The molecule has 0 spiro atoms. The second-order valence-corrected chi connectivity index (χ2v) is 7.30. The van der Waals surface area contributed by atoms with Gasteiger partial charge in [-0.3, -0.25) is 34.2 Å². The number of carbonyl (C=O) groups excluding carboxylic acids is 5. The molecule has 10 heteroatoms. The Kier molecular flexibility index (Phi) is 4.79. The maximum absolute atomic E-state index is 12.9. The first-order valence-electron chi connectivity index (χ1n) is 9.37. The van der Waals surface area contributed by atoms with Crippen LogP contribution in [0.4, 0.5) is 0 Å². The van der Waals surface area contributed by atoms with E-state index < -0.39 is 29.7 Å². The van der Waals surface area contributed by atoms with Gasteiger partial charge in [0.05, 0.1) is 11.1 Å². The number of likely N-dealkylation sites (tertiary alicyclic amines) is 1. The Balaban J connectivity index is 1.52. The number of rotatable bonds is 4. The molecule has 1 unspecified atom stereocenters. The van der Waals surface area contributed by atoms with Crippen LogP contribution in [-0.2, 0) is 14.4 Å². The van der Waals surface area contributed by atoms with Crippen molar-refractivity contribution in [2.45, 2.75) is 31.3 Å². The molecule has 1 aromatic rings. The summed E-state index contributed by atoms with van der Waals surface area (Å²) in [7, 11) is 0. The summed E-state index contributed by atoms with van der Waals surface area (Å²) < 4.78 is 5.57. The Labute approximate surface area is 165 Å². The molecular formula is C19H20N4O6. The van der Waals surface area contributed by atoms with Crippen LogP contribution in [0.2, 0.25) is 0 Å². The van der Waals surface area contributed by atoms with E-state index in [0.717, 1.165) is 11.3 Å². The highest BCUT2D eigenvalue weighted by Crippen LogP contribution is 2.33. The number of imide groups is 2. The van der Waals surface area contributed by atoms with Gasteiger partial charge in [-0.25, -0.2) is 0 Å². The highest BCUT2D eigenvalue weighted by molar-refractivity contribution is 6.24. The van der Waals surface area contributed by atoms with Crippen molar-refractivity contribution in [1.29, 1.82) is 0 Å². The minimum Gasteiger partial charge on any atom is -0.483 e. The predicted octanol–water partition coefficient (Wildman–Crippen LogP) is -0.974. The molecule has 3 heterocycles. The number of amides is 5. The first kappa shape index (κ1) is 19.1. The highest BCUT2D eigenvalue weighted by atomic mass is 16.5. The number of hydrogen-bond acceptors (Lipinski definition) is 7. The molecule has 2 atom stereocenters. The van der Waals surface area contributed by atoms with Gasteiger partial charge in [0.2, 0.25) is 11.8 Å².